The van der Waals surface area contributed by atoms with Gasteiger partial charge in [-0.3, -0.25) is 15.0 Å². The van der Waals surface area contributed by atoms with Gasteiger partial charge in [0.2, 0.25) is 0 Å². The summed E-state index contributed by atoms with van der Waals surface area (Å²) in [7, 11) is 1.37. The Morgan fingerprint density at radius 3 is 2.37 bits per heavy atom. The van der Waals surface area contributed by atoms with Gasteiger partial charge >= 0.3 is 6.09 Å². The first-order valence-corrected chi connectivity index (χ1v) is 9.60. The number of piperidine rings is 1. The third kappa shape index (κ3) is 5.33. The highest BCUT2D eigenvalue weighted by Crippen LogP contribution is 2.34. The van der Waals surface area contributed by atoms with E-state index in [0.29, 0.717) is 10.6 Å². The van der Waals surface area contributed by atoms with E-state index in [1.54, 1.807) is 0 Å². The maximum Gasteiger partial charge on any atom is 0.410 e. The van der Waals surface area contributed by atoms with Crippen LogP contribution >= 0.6 is 0 Å². The van der Waals surface area contributed by atoms with E-state index in [9.17, 15) is 14.9 Å². The van der Waals surface area contributed by atoms with Gasteiger partial charge in [0, 0.05) is 56.7 Å². The number of nitro groups is 1. The van der Waals surface area contributed by atoms with Gasteiger partial charge in [-0.25, -0.2) is 4.79 Å². The number of rotatable bonds is 4. The number of anilines is 1. The smallest absolute Gasteiger partial charge is 0.410 e. The summed E-state index contributed by atoms with van der Waals surface area (Å²) >= 11 is 0. The van der Waals surface area contributed by atoms with Crippen molar-refractivity contribution < 1.29 is 30.2 Å². The number of carbonyl (C=O) groups excluding carboxylic acids is 1. The quantitative estimate of drug-likeness (QED) is 0.538. The molecule has 2 heterocycles. The number of nitrogens with zero attached hydrogens (tertiary/aromatic N) is 4. The molecule has 3 rings (SSSR count). The zero-order valence-electron chi connectivity index (χ0n) is 25.5. The van der Waals surface area contributed by atoms with E-state index in [4.69, 9.17) is 20.4 Å². The summed E-state index contributed by atoms with van der Waals surface area (Å²) < 4.78 is 78.8. The molecule has 0 spiro atoms. The number of piperazine rings is 1. The second-order valence-corrected chi connectivity index (χ2v) is 7.96. The summed E-state index contributed by atoms with van der Waals surface area (Å²) in [6.07, 6.45) is -1.30. The molecular weight excluding hydrogens is 388 g/mol. The highest BCUT2D eigenvalue weighted by atomic mass is 16.6. The minimum absolute atomic E-state index is 0.109. The molecule has 9 heteroatoms. The lowest BCUT2D eigenvalue weighted by molar-refractivity contribution is -0.384. The topological polar surface area (TPSA) is 88.4 Å². The van der Waals surface area contributed by atoms with E-state index in [1.165, 1.54) is 46.1 Å². The SMILES string of the molecule is [2H]C1([2H])N(C(=O)OC(C)(C)C)C([2H])([2H])C([2H])([2H])N(C2CCN(c3ccc([N+](=O)[O-])cc3OC)CC2)C1([2H])[2H]. The van der Waals surface area contributed by atoms with Crippen LogP contribution in [-0.2, 0) is 4.74 Å². The lowest BCUT2D eigenvalue weighted by Crippen LogP contribution is -2.55. The Bertz CT molecular complexity index is 1060. The van der Waals surface area contributed by atoms with E-state index in [-0.39, 0.29) is 42.3 Å². The first-order valence-electron chi connectivity index (χ1n) is 13.6. The summed E-state index contributed by atoms with van der Waals surface area (Å²) in [5, 5.41) is 11.1. The van der Waals surface area contributed by atoms with Crippen molar-refractivity contribution in [2.45, 2.75) is 45.3 Å². The maximum atomic E-state index is 12.8. The molecule has 9 nitrogen and oxygen atoms in total. The van der Waals surface area contributed by atoms with Crippen molar-refractivity contribution in [3.8, 4) is 5.75 Å². The van der Waals surface area contributed by atoms with E-state index in [1.807, 2.05) is 4.90 Å². The molecule has 30 heavy (non-hydrogen) atoms. The average molecular weight is 429 g/mol. The monoisotopic (exact) mass is 428 g/mol. The van der Waals surface area contributed by atoms with Crippen molar-refractivity contribution in [2.24, 2.45) is 0 Å². The van der Waals surface area contributed by atoms with E-state index >= 15 is 0 Å². The van der Waals surface area contributed by atoms with Gasteiger partial charge in [-0.1, -0.05) is 0 Å². The van der Waals surface area contributed by atoms with Crippen LogP contribution in [0.3, 0.4) is 0 Å². The Morgan fingerprint density at radius 1 is 1.20 bits per heavy atom. The molecule has 0 unspecified atom stereocenters. The predicted molar refractivity (Wildman–Crippen MR) is 114 cm³/mol. The first-order chi connectivity index (χ1) is 17.2. The summed E-state index contributed by atoms with van der Waals surface area (Å²) in [6, 6.07) is 3.18. The van der Waals surface area contributed by atoms with Gasteiger partial charge in [0.15, 0.2) is 0 Å². The van der Waals surface area contributed by atoms with Gasteiger partial charge < -0.3 is 19.3 Å². The largest absolute Gasteiger partial charge is 0.494 e. The fraction of sp³-hybridized carbons (Fsp3) is 0.667. The molecule has 0 atom stereocenters. The van der Waals surface area contributed by atoms with Crippen LogP contribution in [0, 0.1) is 10.1 Å². The number of ether oxygens (including phenoxy) is 2. The fourth-order valence-electron chi connectivity index (χ4n) is 3.25. The molecule has 0 bridgehead atoms. The molecule has 0 saturated carbocycles. The molecule has 1 amide bonds. The van der Waals surface area contributed by atoms with Crippen LogP contribution in [0.5, 0.6) is 5.75 Å². The lowest BCUT2D eigenvalue weighted by atomic mass is 10.0. The molecular formula is C21H32N4O5. The number of non-ortho nitro benzene ring substituents is 1. The number of amides is 1. The number of methoxy groups -OCH3 is 1. The van der Waals surface area contributed by atoms with Crippen LogP contribution in [0.1, 0.15) is 44.6 Å². The molecule has 0 radical (unpaired) electrons. The normalized spacial score (nSPS) is 29.6. The van der Waals surface area contributed by atoms with Crippen LogP contribution < -0.4 is 9.64 Å². The van der Waals surface area contributed by atoms with Crippen molar-refractivity contribution >= 4 is 17.5 Å². The van der Waals surface area contributed by atoms with Crippen molar-refractivity contribution in [1.82, 2.24) is 9.80 Å². The van der Waals surface area contributed by atoms with Crippen LogP contribution in [0.2, 0.25) is 0 Å². The third-order valence-electron chi connectivity index (χ3n) is 4.69. The minimum Gasteiger partial charge on any atom is -0.494 e. The van der Waals surface area contributed by atoms with Crippen molar-refractivity contribution in [1.29, 1.82) is 0 Å². The van der Waals surface area contributed by atoms with Gasteiger partial charge in [-0.15, -0.1) is 0 Å². The highest BCUT2D eigenvalue weighted by molar-refractivity contribution is 5.68. The first kappa shape index (κ1) is 13.7. The Kier molecular flexibility index (Phi) is 4.14. The Hall–Kier alpha value is -2.55. The summed E-state index contributed by atoms with van der Waals surface area (Å²) in [5.74, 6) is 0.252. The molecule has 2 aliphatic heterocycles. The Balaban J connectivity index is 1.92. The molecule has 0 N–H and O–H groups in total. The van der Waals surface area contributed by atoms with E-state index < -0.39 is 48.6 Å². The molecule has 2 saturated heterocycles. The van der Waals surface area contributed by atoms with Gasteiger partial charge in [0.25, 0.3) is 5.69 Å². The van der Waals surface area contributed by atoms with E-state index in [2.05, 4.69) is 0 Å². The fourth-order valence-corrected chi connectivity index (χ4v) is 3.25. The number of benzene rings is 1. The van der Waals surface area contributed by atoms with Crippen molar-refractivity contribution in [3.63, 3.8) is 0 Å². The van der Waals surface area contributed by atoms with Crippen molar-refractivity contribution in [2.75, 3.05) is 51.1 Å². The highest BCUT2D eigenvalue weighted by Gasteiger charge is 2.31. The third-order valence-corrected chi connectivity index (χ3v) is 4.69. The predicted octanol–water partition coefficient (Wildman–Crippen LogP) is 3.12. The van der Waals surface area contributed by atoms with Crippen LogP contribution in [0.25, 0.3) is 0 Å². The zero-order valence-corrected chi connectivity index (χ0v) is 17.5. The molecule has 2 fully saturated rings. The Morgan fingerprint density at radius 2 is 1.83 bits per heavy atom. The zero-order chi connectivity index (χ0) is 29.1. The lowest BCUT2D eigenvalue weighted by Gasteiger charge is -2.43. The molecule has 1 aromatic rings. The maximum absolute atomic E-state index is 12.8. The summed E-state index contributed by atoms with van der Waals surface area (Å²) in [4.78, 5) is 25.7. The minimum atomic E-state index is -3.30. The van der Waals surface area contributed by atoms with Gasteiger partial charge in [-0.05, 0) is 39.7 Å². The van der Waals surface area contributed by atoms with Gasteiger partial charge in [-0.2, -0.15) is 0 Å². The van der Waals surface area contributed by atoms with Gasteiger partial charge in [0.05, 0.1) is 29.3 Å². The summed E-state index contributed by atoms with van der Waals surface area (Å²) in [6.45, 7) is -8.01. The molecule has 0 aliphatic carbocycles. The van der Waals surface area contributed by atoms with Crippen molar-refractivity contribution in [3.05, 3.63) is 28.3 Å². The summed E-state index contributed by atoms with van der Waals surface area (Å²) in [5.41, 5.74) is -0.775. The second-order valence-electron chi connectivity index (χ2n) is 7.96. The van der Waals surface area contributed by atoms with Crippen LogP contribution in [-0.4, -0.2) is 78.6 Å². The van der Waals surface area contributed by atoms with E-state index in [0.717, 1.165) is 0 Å². The number of hydrogen-bond donors (Lipinski definition) is 0. The molecule has 0 aromatic heterocycles. The molecule has 166 valence electrons. The van der Waals surface area contributed by atoms with Gasteiger partial charge in [0.1, 0.15) is 11.4 Å². The van der Waals surface area contributed by atoms with Crippen LogP contribution in [0.4, 0.5) is 16.2 Å². The Labute approximate surface area is 188 Å². The van der Waals surface area contributed by atoms with Crippen LogP contribution in [0.15, 0.2) is 18.2 Å². The number of carbonyl (C=O) groups is 1. The average Bonchev–Trinajstić information content (AvgIpc) is 2.76. The second kappa shape index (κ2) is 9.07. The standard InChI is InChI=1S/C21H32N4O5/c1-21(2,3)30-20(26)24-13-11-22(12-14-24)16-7-9-23(10-8-16)18-6-5-17(25(27)28)15-19(18)29-4/h5-6,15-16H,7-14H2,1-4H3/i11D2,12D2,13D2,14D2. The number of hydrogen-bond acceptors (Lipinski definition) is 7. The molecule has 1 aromatic carbocycles. The molecule has 2 aliphatic rings. The number of nitro benzene ring substituents is 1.